The van der Waals surface area contributed by atoms with Crippen molar-refractivity contribution in [1.82, 2.24) is 14.9 Å². The molecule has 3 aromatic rings. The van der Waals surface area contributed by atoms with Crippen LogP contribution < -0.4 is 15.5 Å². The number of aromatic nitrogens is 3. The van der Waals surface area contributed by atoms with Crippen LogP contribution in [-0.4, -0.2) is 32.6 Å². The number of benzene rings is 2. The lowest BCUT2D eigenvalue weighted by molar-refractivity contribution is -0.116. The molecule has 0 aliphatic carbocycles. The second-order valence-corrected chi connectivity index (χ2v) is 7.62. The number of nitrogens with one attached hydrogen (secondary N) is 2. The number of rotatable bonds is 5. The predicted molar refractivity (Wildman–Crippen MR) is 109 cm³/mol. The second kappa shape index (κ2) is 8.12. The first-order valence-electron chi connectivity index (χ1n) is 9.19. The molecule has 0 bridgehead atoms. The molecule has 0 spiro atoms. The van der Waals surface area contributed by atoms with E-state index in [1.165, 1.54) is 36.0 Å². The maximum absolute atomic E-state index is 13.2. The van der Waals surface area contributed by atoms with Crippen LogP contribution in [0, 0.1) is 12.7 Å². The minimum Gasteiger partial charge on any atom is -0.494 e. The van der Waals surface area contributed by atoms with E-state index in [0.29, 0.717) is 23.3 Å². The monoisotopic (exact) mass is 413 g/mol. The van der Waals surface area contributed by atoms with E-state index in [4.69, 9.17) is 4.74 Å². The maximum Gasteiger partial charge on any atom is 0.240 e. The summed E-state index contributed by atoms with van der Waals surface area (Å²) in [5.41, 5.74) is 4.81. The van der Waals surface area contributed by atoms with Crippen LogP contribution in [0.2, 0.25) is 0 Å². The lowest BCUT2D eigenvalue weighted by Gasteiger charge is -2.32. The molecule has 29 heavy (non-hydrogen) atoms. The van der Waals surface area contributed by atoms with Gasteiger partial charge in [0.25, 0.3) is 0 Å². The Balaban J connectivity index is 1.62. The molecule has 2 N–H and O–H groups in total. The molecule has 0 radical (unpaired) electrons. The van der Waals surface area contributed by atoms with Crippen LogP contribution in [-0.2, 0) is 4.79 Å². The molecule has 7 nitrogen and oxygen atoms in total. The van der Waals surface area contributed by atoms with Crippen molar-refractivity contribution in [3.8, 4) is 5.75 Å². The number of nitrogens with zero attached hydrogens (tertiary/aromatic N) is 3. The minimum absolute atomic E-state index is 0.208. The summed E-state index contributed by atoms with van der Waals surface area (Å²) in [5, 5.41) is 11.2. The highest BCUT2D eigenvalue weighted by atomic mass is 32.2. The zero-order valence-electron chi connectivity index (χ0n) is 15.9. The summed E-state index contributed by atoms with van der Waals surface area (Å²) in [6, 6.07) is 13.0. The number of carbonyl (C=O) groups excluding carboxylic acids is 1. The van der Waals surface area contributed by atoms with Crippen LogP contribution in [0.5, 0.6) is 5.75 Å². The van der Waals surface area contributed by atoms with Crippen molar-refractivity contribution in [2.75, 3.05) is 17.3 Å². The predicted octanol–water partition coefficient (Wildman–Crippen LogP) is 3.52. The molecule has 1 aromatic heterocycles. The Hall–Kier alpha value is -3.07. The average Bonchev–Trinajstić information content (AvgIpc) is 3.10. The summed E-state index contributed by atoms with van der Waals surface area (Å²) < 4.78 is 20.5. The largest absolute Gasteiger partial charge is 0.494 e. The highest BCUT2D eigenvalue weighted by Crippen LogP contribution is 2.37. The number of carbonyl (C=O) groups is 1. The van der Waals surface area contributed by atoms with Crippen LogP contribution in [0.3, 0.4) is 0 Å². The van der Waals surface area contributed by atoms with Crippen molar-refractivity contribution < 1.29 is 13.9 Å². The number of anilines is 1. The number of thioether (sulfide) groups is 1. The molecule has 1 aliphatic rings. The van der Waals surface area contributed by atoms with Crippen LogP contribution in [0.1, 0.15) is 24.4 Å². The van der Waals surface area contributed by atoms with E-state index in [1.54, 1.807) is 4.68 Å². The van der Waals surface area contributed by atoms with Gasteiger partial charge in [0.1, 0.15) is 22.6 Å². The van der Waals surface area contributed by atoms with Gasteiger partial charge in [-0.15, -0.1) is 10.2 Å². The minimum atomic E-state index is -0.505. The van der Waals surface area contributed by atoms with E-state index in [1.807, 2.05) is 38.1 Å². The van der Waals surface area contributed by atoms with Gasteiger partial charge in [-0.3, -0.25) is 4.79 Å². The summed E-state index contributed by atoms with van der Waals surface area (Å²) in [7, 11) is 0. The third-order valence-electron chi connectivity index (χ3n) is 4.52. The third kappa shape index (κ3) is 4.04. The van der Waals surface area contributed by atoms with E-state index >= 15 is 0 Å². The second-order valence-electron chi connectivity index (χ2n) is 6.51. The summed E-state index contributed by atoms with van der Waals surface area (Å²) in [6.07, 6.45) is 0. The lowest BCUT2D eigenvalue weighted by Crippen LogP contribution is -2.41. The number of ether oxygens (including phenoxy) is 1. The molecule has 2 atom stereocenters. The van der Waals surface area contributed by atoms with Crippen molar-refractivity contribution in [2.45, 2.75) is 30.3 Å². The van der Waals surface area contributed by atoms with Gasteiger partial charge in [-0.25, -0.2) is 9.07 Å². The Labute approximate surface area is 171 Å². The summed E-state index contributed by atoms with van der Waals surface area (Å²) in [5.74, 6) is 0.918. The molecule has 4 rings (SSSR count). The molecule has 0 saturated heterocycles. The Morgan fingerprint density at radius 2 is 1.93 bits per heavy atom. The van der Waals surface area contributed by atoms with Gasteiger partial charge < -0.3 is 15.5 Å². The fraction of sp³-hybridized carbons (Fsp3) is 0.250. The molecule has 2 heterocycles. The number of hydrogen-bond donors (Lipinski definition) is 2. The van der Waals surface area contributed by atoms with E-state index in [9.17, 15) is 9.18 Å². The number of hydrogen-bond acceptors (Lipinski definition) is 6. The van der Waals surface area contributed by atoms with Crippen molar-refractivity contribution in [3.05, 3.63) is 65.7 Å². The van der Waals surface area contributed by atoms with Crippen molar-refractivity contribution in [2.24, 2.45) is 0 Å². The van der Waals surface area contributed by atoms with Gasteiger partial charge in [0, 0.05) is 5.69 Å². The molecule has 0 unspecified atom stereocenters. The molecule has 0 fully saturated rings. The van der Waals surface area contributed by atoms with Crippen molar-refractivity contribution >= 4 is 23.4 Å². The first-order valence-corrected chi connectivity index (χ1v) is 10.1. The fourth-order valence-electron chi connectivity index (χ4n) is 3.10. The quantitative estimate of drug-likeness (QED) is 0.666. The van der Waals surface area contributed by atoms with Crippen molar-refractivity contribution in [3.63, 3.8) is 0 Å². The Morgan fingerprint density at radius 1 is 1.21 bits per heavy atom. The van der Waals surface area contributed by atoms with Gasteiger partial charge in [0.15, 0.2) is 0 Å². The highest BCUT2D eigenvalue weighted by molar-refractivity contribution is 8.00. The first-order chi connectivity index (χ1) is 14.0. The zero-order chi connectivity index (χ0) is 20.4. The van der Waals surface area contributed by atoms with Gasteiger partial charge in [-0.05, 0) is 55.8 Å². The van der Waals surface area contributed by atoms with Gasteiger partial charge in [0.05, 0.1) is 12.6 Å². The van der Waals surface area contributed by atoms with Crippen molar-refractivity contribution in [1.29, 1.82) is 0 Å². The molecule has 1 aliphatic heterocycles. The Morgan fingerprint density at radius 3 is 2.62 bits per heavy atom. The van der Waals surface area contributed by atoms with Crippen LogP contribution in [0.25, 0.3) is 0 Å². The van der Waals surface area contributed by atoms with E-state index in [0.717, 1.165) is 11.3 Å². The number of fused-ring (bicyclic) bond motifs is 1. The molecule has 1 amide bonds. The molecular formula is C20H20FN5O2S. The lowest BCUT2D eigenvalue weighted by atomic mass is 10.0. The topological polar surface area (TPSA) is 81.1 Å². The van der Waals surface area contributed by atoms with E-state index < -0.39 is 5.25 Å². The number of halogens is 1. The van der Waals surface area contributed by atoms with Crippen LogP contribution in [0.4, 0.5) is 10.1 Å². The molecular weight excluding hydrogens is 393 g/mol. The van der Waals surface area contributed by atoms with Crippen LogP contribution >= 0.6 is 11.8 Å². The first kappa shape index (κ1) is 19.3. The molecule has 0 saturated carbocycles. The zero-order valence-corrected chi connectivity index (χ0v) is 16.7. The van der Waals surface area contributed by atoms with E-state index in [-0.39, 0.29) is 17.8 Å². The van der Waals surface area contributed by atoms with Gasteiger partial charge >= 0.3 is 0 Å². The van der Waals surface area contributed by atoms with Gasteiger partial charge in [-0.2, -0.15) is 0 Å². The maximum atomic E-state index is 13.2. The summed E-state index contributed by atoms with van der Waals surface area (Å²) in [6.45, 7) is 4.36. The Kier molecular flexibility index (Phi) is 5.39. The van der Waals surface area contributed by atoms with Gasteiger partial charge in [0.2, 0.25) is 11.1 Å². The summed E-state index contributed by atoms with van der Waals surface area (Å²) >= 11 is 1.34. The average molecular weight is 413 g/mol. The normalized spacial score (nSPS) is 17.9. The third-order valence-corrected chi connectivity index (χ3v) is 5.73. The standard InChI is InChI=1S/C20H20FN5O2S/c1-3-28-16-10-4-13(5-11-16)17-18(29-20-24-23-12(2)26(20)25-17)19(27)22-15-8-6-14(21)7-9-15/h4-11,17-18,25H,3H2,1-2H3,(H,22,27)/t17-,18+/m1/s1. The number of amides is 1. The fourth-order valence-corrected chi connectivity index (χ4v) is 4.22. The highest BCUT2D eigenvalue weighted by Gasteiger charge is 2.37. The molecule has 2 aromatic carbocycles. The molecule has 150 valence electrons. The summed E-state index contributed by atoms with van der Waals surface area (Å²) in [4.78, 5) is 13.1. The smallest absolute Gasteiger partial charge is 0.240 e. The van der Waals surface area contributed by atoms with E-state index in [2.05, 4.69) is 20.9 Å². The van der Waals surface area contributed by atoms with Crippen LogP contribution in [0.15, 0.2) is 53.7 Å². The molecule has 9 heteroatoms. The van der Waals surface area contributed by atoms with Gasteiger partial charge in [-0.1, -0.05) is 23.9 Å². The SMILES string of the molecule is CCOc1ccc([C@H]2Nn3c(C)nnc3S[C@@H]2C(=O)Nc2ccc(F)cc2)cc1. The number of aryl methyl sites for hydroxylation is 1. The Bertz CT molecular complexity index is 1010.